The maximum Gasteiger partial charge on any atom is 0.171 e. The van der Waals surface area contributed by atoms with Gasteiger partial charge in [0.15, 0.2) is 7.14 Å². The molecular weight excluding hydrogens is 611 g/mol. The highest BCUT2D eigenvalue weighted by Crippen LogP contribution is 2.43. The zero-order chi connectivity index (χ0) is 32.5. The Morgan fingerprint density at radius 1 is 0.583 bits per heavy atom. The molecule has 0 fully saturated rings. The van der Waals surface area contributed by atoms with Crippen LogP contribution in [0.3, 0.4) is 0 Å². The topological polar surface area (TPSA) is 68.3 Å². The molecule has 2 aromatic heterocycles. The molecule has 0 unspecified atom stereocenters. The van der Waals surface area contributed by atoms with Crippen LogP contribution in [-0.4, -0.2) is 32.0 Å². The van der Waals surface area contributed by atoms with Crippen LogP contribution < -0.4 is 20.8 Å². The number of hydrogen-bond acceptors (Lipinski definition) is 5. The van der Waals surface area contributed by atoms with Crippen LogP contribution in [0, 0.1) is 0 Å². The van der Waals surface area contributed by atoms with Crippen LogP contribution in [0.1, 0.15) is 0 Å². The summed E-state index contributed by atoms with van der Waals surface area (Å²) in [7, 11) is -3.30. The largest absolute Gasteiger partial charge is 0.329 e. The summed E-state index contributed by atoms with van der Waals surface area (Å²) in [4.78, 5) is 15.6. The quantitative estimate of drug-likeness (QED) is 0.177. The number of para-hydroxylation sites is 4. The van der Waals surface area contributed by atoms with Crippen LogP contribution in [-0.2, 0) is 4.57 Å². The molecule has 7 nitrogen and oxygen atoms in total. The monoisotopic (exact) mass is 642 g/mol. The molecule has 48 heavy (non-hydrogen) atoms. The lowest BCUT2D eigenvalue weighted by molar-refractivity contribution is 0.592. The fraction of sp³-hybridized carbons (Fsp3) is 0.0250. The van der Waals surface area contributed by atoms with Crippen molar-refractivity contribution in [2.24, 2.45) is 4.99 Å². The summed E-state index contributed by atoms with van der Waals surface area (Å²) in [5.74, 6) is 0. The number of aliphatic imine (C=N–C) groups is 1. The summed E-state index contributed by atoms with van der Waals surface area (Å²) in [6, 6.07) is 40.0. The van der Waals surface area contributed by atoms with Crippen LogP contribution in [0.4, 0.5) is 5.69 Å². The Balaban J connectivity index is 1.20. The third kappa shape index (κ3) is 5.30. The first-order valence-corrected chi connectivity index (χ1v) is 17.4. The molecule has 8 rings (SSSR count). The Kier molecular flexibility index (Phi) is 7.52. The summed E-state index contributed by atoms with van der Waals surface area (Å²) in [5, 5.41) is 2.24. The van der Waals surface area contributed by atoms with Crippen molar-refractivity contribution in [2.75, 3.05) is 11.4 Å². The molecule has 1 aliphatic rings. The Labute approximate surface area is 278 Å². The van der Waals surface area contributed by atoms with Gasteiger partial charge in [-0.05, 0) is 103 Å². The standard InChI is InChI=1S/C40H31N6OP/c1-30-9-3-2-8-26-44(27-41-30)31-14-20-34(21-15-31)48(47,35-22-16-32(17-23-35)45-28-42-37-10-4-6-12-39(37)45)36-24-18-33(19-25-36)46-29-43-38-11-5-7-13-40(38)46/h2-25,27-29H,1,26H2/b8-2-,9-3-,41-27?. The van der Waals surface area contributed by atoms with Gasteiger partial charge in [0.2, 0.25) is 0 Å². The van der Waals surface area contributed by atoms with Crippen molar-refractivity contribution in [1.29, 1.82) is 0 Å². The predicted molar refractivity (Wildman–Crippen MR) is 198 cm³/mol. The molecule has 7 aromatic rings. The summed E-state index contributed by atoms with van der Waals surface area (Å²) in [6.45, 7) is 4.63. The van der Waals surface area contributed by atoms with E-state index >= 15 is 4.57 Å². The van der Waals surface area contributed by atoms with Crippen molar-refractivity contribution >= 4 is 57.1 Å². The molecule has 0 N–H and O–H groups in total. The minimum absolute atomic E-state index is 0.646. The molecular formula is C40H31N6OP. The number of aromatic nitrogens is 4. The van der Waals surface area contributed by atoms with Gasteiger partial charge < -0.3 is 9.46 Å². The third-order valence-electron chi connectivity index (χ3n) is 8.64. The molecule has 0 saturated heterocycles. The lowest BCUT2D eigenvalue weighted by atomic mass is 10.3. The summed E-state index contributed by atoms with van der Waals surface area (Å²) >= 11 is 0. The highest BCUT2D eigenvalue weighted by Gasteiger charge is 2.30. The van der Waals surface area contributed by atoms with Gasteiger partial charge in [-0.2, -0.15) is 0 Å². The van der Waals surface area contributed by atoms with E-state index in [-0.39, 0.29) is 0 Å². The Morgan fingerprint density at radius 3 is 1.58 bits per heavy atom. The van der Waals surface area contributed by atoms with Crippen molar-refractivity contribution in [3.8, 4) is 11.4 Å². The zero-order valence-corrected chi connectivity index (χ0v) is 26.9. The van der Waals surface area contributed by atoms with Crippen molar-refractivity contribution in [2.45, 2.75) is 0 Å². The molecule has 232 valence electrons. The fourth-order valence-corrected chi connectivity index (χ4v) is 8.70. The number of hydrogen-bond donors (Lipinski definition) is 0. The Bertz CT molecular complexity index is 2290. The van der Waals surface area contributed by atoms with Gasteiger partial charge in [-0.3, -0.25) is 9.13 Å². The SMILES string of the molecule is C=C1/C=C\C=C/CN(c2ccc(P(=O)(c3ccc(-n4cnc5ccccc54)cc3)c3ccc(-n4cnc5ccccc54)cc3)cc2)C=N1. The van der Waals surface area contributed by atoms with E-state index in [1.54, 1.807) is 6.34 Å². The number of nitrogens with zero attached hydrogens (tertiary/aromatic N) is 6. The van der Waals surface area contributed by atoms with E-state index in [2.05, 4.69) is 36.7 Å². The molecule has 0 atom stereocenters. The summed E-state index contributed by atoms with van der Waals surface area (Å²) < 4.78 is 19.7. The van der Waals surface area contributed by atoms with Crippen molar-refractivity contribution < 1.29 is 4.57 Å². The number of benzene rings is 5. The van der Waals surface area contributed by atoms with Gasteiger partial charge >= 0.3 is 0 Å². The van der Waals surface area contributed by atoms with Crippen LogP contribution >= 0.6 is 7.14 Å². The Hall–Kier alpha value is -6.04. The summed E-state index contributed by atoms with van der Waals surface area (Å²) in [6.07, 6.45) is 13.3. The van der Waals surface area contributed by atoms with Crippen molar-refractivity contribution in [3.63, 3.8) is 0 Å². The van der Waals surface area contributed by atoms with Gasteiger partial charge in [0, 0.05) is 39.5 Å². The predicted octanol–water partition coefficient (Wildman–Crippen LogP) is 7.48. The van der Waals surface area contributed by atoms with Gasteiger partial charge in [-0.15, -0.1) is 0 Å². The van der Waals surface area contributed by atoms with E-state index < -0.39 is 7.14 Å². The first-order chi connectivity index (χ1) is 23.6. The molecule has 0 spiro atoms. The minimum atomic E-state index is -3.30. The fourth-order valence-electron chi connectivity index (χ4n) is 6.10. The molecule has 1 aliphatic heterocycles. The molecule has 8 heteroatoms. The third-order valence-corrected chi connectivity index (χ3v) is 11.7. The lowest BCUT2D eigenvalue weighted by Crippen LogP contribution is -2.26. The van der Waals surface area contributed by atoms with Gasteiger partial charge in [0.05, 0.1) is 34.1 Å². The van der Waals surface area contributed by atoms with Crippen LogP contribution in [0.2, 0.25) is 0 Å². The number of anilines is 1. The maximum absolute atomic E-state index is 15.6. The number of rotatable bonds is 6. The zero-order valence-electron chi connectivity index (χ0n) is 26.0. The van der Waals surface area contributed by atoms with E-state index in [4.69, 9.17) is 0 Å². The van der Waals surface area contributed by atoms with E-state index in [9.17, 15) is 0 Å². The van der Waals surface area contributed by atoms with E-state index in [1.165, 1.54) is 0 Å². The molecule has 3 heterocycles. The van der Waals surface area contributed by atoms with E-state index in [1.807, 2.05) is 157 Å². The van der Waals surface area contributed by atoms with Gasteiger partial charge in [-0.25, -0.2) is 15.0 Å². The Morgan fingerprint density at radius 2 is 1.06 bits per heavy atom. The molecule has 0 saturated carbocycles. The van der Waals surface area contributed by atoms with Crippen LogP contribution in [0.15, 0.2) is 176 Å². The van der Waals surface area contributed by atoms with Crippen LogP contribution in [0.25, 0.3) is 33.4 Å². The lowest BCUT2D eigenvalue weighted by Gasteiger charge is -2.23. The second kappa shape index (κ2) is 12.3. The van der Waals surface area contributed by atoms with Crippen molar-refractivity contribution in [3.05, 3.63) is 171 Å². The van der Waals surface area contributed by atoms with E-state index in [0.717, 1.165) is 55.0 Å². The molecule has 5 aromatic carbocycles. The van der Waals surface area contributed by atoms with E-state index in [0.29, 0.717) is 12.2 Å². The average molecular weight is 643 g/mol. The molecule has 0 bridgehead atoms. The number of imidazole rings is 2. The smallest absolute Gasteiger partial charge is 0.171 e. The molecule has 0 aliphatic carbocycles. The van der Waals surface area contributed by atoms with Gasteiger partial charge in [0.1, 0.15) is 12.7 Å². The van der Waals surface area contributed by atoms with Gasteiger partial charge in [-0.1, -0.05) is 49.1 Å². The first kappa shape index (κ1) is 29.4. The second-order valence-electron chi connectivity index (χ2n) is 11.5. The van der Waals surface area contributed by atoms with Crippen LogP contribution in [0.5, 0.6) is 0 Å². The first-order valence-electron chi connectivity index (χ1n) is 15.7. The van der Waals surface area contributed by atoms with Gasteiger partial charge in [0.25, 0.3) is 0 Å². The molecule has 0 radical (unpaired) electrons. The number of allylic oxidation sites excluding steroid dienone is 3. The maximum atomic E-state index is 15.6. The van der Waals surface area contributed by atoms with Crippen molar-refractivity contribution in [1.82, 2.24) is 19.1 Å². The molecule has 0 amide bonds. The normalized spacial score (nSPS) is 14.9. The average Bonchev–Trinajstić information content (AvgIpc) is 3.79. The second-order valence-corrected chi connectivity index (χ2v) is 14.3. The number of fused-ring (bicyclic) bond motifs is 2. The highest BCUT2D eigenvalue weighted by molar-refractivity contribution is 7.85. The minimum Gasteiger partial charge on any atom is -0.329 e. The summed E-state index contributed by atoms with van der Waals surface area (Å²) in [5.41, 5.74) is 7.41. The highest BCUT2D eigenvalue weighted by atomic mass is 31.2.